The van der Waals surface area contributed by atoms with E-state index < -0.39 is 55.8 Å². The highest BCUT2D eigenvalue weighted by Crippen LogP contribution is 2.29. The molecule has 21 heteroatoms. The first-order valence-electron chi connectivity index (χ1n) is 15.4. The van der Waals surface area contributed by atoms with E-state index in [9.17, 15) is 44.8 Å². The van der Waals surface area contributed by atoms with Crippen molar-refractivity contribution in [3.05, 3.63) is 59.8 Å². The summed E-state index contributed by atoms with van der Waals surface area (Å²) in [6.45, 7) is 7.55. The van der Waals surface area contributed by atoms with Gasteiger partial charge >= 0.3 is 18.2 Å². The van der Waals surface area contributed by atoms with Crippen LogP contribution in [0.15, 0.2) is 53.4 Å². The summed E-state index contributed by atoms with van der Waals surface area (Å²) in [7, 11) is -7.47. The predicted molar refractivity (Wildman–Crippen MR) is 180 cm³/mol. The minimum Gasteiger partial charge on any atom is -0.489 e. The second-order valence-corrected chi connectivity index (χ2v) is 16.3. The zero-order valence-electron chi connectivity index (χ0n) is 28.8. The summed E-state index contributed by atoms with van der Waals surface area (Å²) in [6.07, 6.45) is -4.49. The number of halogens is 3. The Kier molecular flexibility index (Phi) is 13.4. The number of para-hydroxylation sites is 1. The number of hydrogen-bond acceptors (Lipinski definition) is 11. The molecule has 3 aromatic rings. The number of aliphatic carboxylic acids is 1. The van der Waals surface area contributed by atoms with Crippen molar-refractivity contribution in [2.45, 2.75) is 57.0 Å². The first-order valence-corrected chi connectivity index (χ1v) is 18.8. The molecule has 1 atom stereocenters. The zero-order valence-corrected chi connectivity index (χ0v) is 30.4. The highest BCUT2D eigenvalue weighted by Gasteiger charge is 2.38. The maximum Gasteiger partial charge on any atom is 0.490 e. The molecule has 2 heterocycles. The van der Waals surface area contributed by atoms with Gasteiger partial charge in [-0.15, -0.1) is 0 Å². The SMILES string of the molecule is Cc1c(COc2ccc(S(=O)(=O)NC[C@@H](C(=O)NO)N3CCN(S(C)(=O)=O)CC3)cc2)c2ccccc2n1C(=O)OC(C)(C)C.O=C(O)C(F)(F)F. The summed E-state index contributed by atoms with van der Waals surface area (Å²) in [5, 5.41) is 17.2. The third-order valence-electron chi connectivity index (χ3n) is 7.64. The molecule has 1 aliphatic rings. The van der Waals surface area contributed by atoms with Crippen LogP contribution >= 0.6 is 0 Å². The summed E-state index contributed by atoms with van der Waals surface area (Å²) in [5.41, 5.74) is 3.00. The average Bonchev–Trinajstić information content (AvgIpc) is 3.33. The lowest BCUT2D eigenvalue weighted by molar-refractivity contribution is -0.192. The van der Waals surface area contributed by atoms with Crippen LogP contribution < -0.4 is 14.9 Å². The van der Waals surface area contributed by atoms with E-state index in [2.05, 4.69) is 4.72 Å². The van der Waals surface area contributed by atoms with E-state index in [0.29, 0.717) is 17.0 Å². The lowest BCUT2D eigenvalue weighted by atomic mass is 10.1. The van der Waals surface area contributed by atoms with Crippen molar-refractivity contribution < 1.29 is 64.2 Å². The Labute approximate surface area is 298 Å². The van der Waals surface area contributed by atoms with Gasteiger partial charge in [0.05, 0.1) is 16.7 Å². The molecule has 0 radical (unpaired) electrons. The van der Waals surface area contributed by atoms with Crippen LogP contribution in [0.25, 0.3) is 10.9 Å². The molecule has 16 nitrogen and oxygen atoms in total. The molecule has 1 saturated heterocycles. The van der Waals surface area contributed by atoms with Gasteiger partial charge in [-0.2, -0.15) is 17.5 Å². The largest absolute Gasteiger partial charge is 0.490 e. The molecule has 288 valence electrons. The van der Waals surface area contributed by atoms with Crippen molar-refractivity contribution in [3.63, 3.8) is 0 Å². The number of aromatic nitrogens is 1. The number of hydrogen-bond donors (Lipinski definition) is 4. The van der Waals surface area contributed by atoms with Gasteiger partial charge in [-0.05, 0) is 58.0 Å². The summed E-state index contributed by atoms with van der Waals surface area (Å²) in [5.74, 6) is -3.19. The molecule has 52 heavy (non-hydrogen) atoms. The Balaban J connectivity index is 0.000000944. The van der Waals surface area contributed by atoms with Gasteiger partial charge in [0.25, 0.3) is 5.91 Å². The Morgan fingerprint density at radius 1 is 0.942 bits per heavy atom. The number of carboxylic acid groups (broad SMARTS) is 1. The van der Waals surface area contributed by atoms with E-state index in [0.717, 1.165) is 17.2 Å². The van der Waals surface area contributed by atoms with Gasteiger partial charge in [0.1, 0.15) is 24.0 Å². The Hall–Kier alpha value is -4.28. The number of ether oxygens (including phenoxy) is 2. The Morgan fingerprint density at radius 2 is 1.50 bits per heavy atom. The van der Waals surface area contributed by atoms with E-state index >= 15 is 0 Å². The molecule has 1 aromatic heterocycles. The fourth-order valence-corrected chi connectivity index (χ4v) is 6.98. The summed E-state index contributed by atoms with van der Waals surface area (Å²) in [4.78, 5) is 35.8. The van der Waals surface area contributed by atoms with Gasteiger partial charge in [-0.25, -0.2) is 41.2 Å². The molecule has 4 N–H and O–H groups in total. The quantitative estimate of drug-likeness (QED) is 0.173. The molecular formula is C31H40F3N5O11S2. The number of nitrogens with one attached hydrogen (secondary N) is 2. The van der Waals surface area contributed by atoms with E-state index in [1.165, 1.54) is 33.1 Å². The van der Waals surface area contributed by atoms with Crippen molar-refractivity contribution in [1.29, 1.82) is 0 Å². The number of fused-ring (bicyclic) bond motifs is 1. The zero-order chi connectivity index (χ0) is 39.2. The topological polar surface area (TPSA) is 214 Å². The molecule has 0 aliphatic carbocycles. The smallest absolute Gasteiger partial charge is 0.489 e. The van der Waals surface area contributed by atoms with Crippen LogP contribution in [0.1, 0.15) is 32.0 Å². The molecule has 4 rings (SSSR count). The van der Waals surface area contributed by atoms with E-state index in [1.54, 1.807) is 38.1 Å². The molecule has 1 aliphatic heterocycles. The Bertz CT molecular complexity index is 1970. The summed E-state index contributed by atoms with van der Waals surface area (Å²) in [6, 6.07) is 12.1. The van der Waals surface area contributed by atoms with Crippen molar-refractivity contribution in [2.75, 3.05) is 39.0 Å². The molecular weight excluding hydrogens is 739 g/mol. The lowest BCUT2D eigenvalue weighted by Gasteiger charge is -2.37. The maximum atomic E-state index is 13.1. The molecule has 0 unspecified atom stereocenters. The normalized spacial score (nSPS) is 15.3. The average molecular weight is 780 g/mol. The van der Waals surface area contributed by atoms with Gasteiger partial charge in [0.15, 0.2) is 0 Å². The van der Waals surface area contributed by atoms with Crippen LogP contribution in [-0.2, 0) is 41.0 Å². The van der Waals surface area contributed by atoms with Crippen molar-refractivity contribution in [1.82, 2.24) is 24.0 Å². The minimum absolute atomic E-state index is 0.0717. The minimum atomic E-state index is -5.08. The number of nitrogens with zero attached hydrogens (tertiary/aromatic N) is 3. The molecule has 2 aromatic carbocycles. The Morgan fingerprint density at radius 3 is 2.00 bits per heavy atom. The van der Waals surface area contributed by atoms with Crippen LogP contribution in [0, 0.1) is 6.92 Å². The monoisotopic (exact) mass is 779 g/mol. The third kappa shape index (κ3) is 11.1. The molecule has 0 saturated carbocycles. The number of sulfonamides is 2. The number of rotatable bonds is 10. The first kappa shape index (κ1) is 42.1. The van der Waals surface area contributed by atoms with Gasteiger partial charge in [-0.3, -0.25) is 14.9 Å². The number of piperazine rings is 1. The number of carbonyl (C=O) groups is 3. The van der Waals surface area contributed by atoms with Gasteiger partial charge in [0.2, 0.25) is 20.0 Å². The van der Waals surface area contributed by atoms with Crippen LogP contribution in [-0.4, -0.2) is 116 Å². The van der Waals surface area contributed by atoms with Crippen LogP contribution in [0.2, 0.25) is 0 Å². The number of amides is 1. The van der Waals surface area contributed by atoms with Gasteiger partial charge in [-0.1, -0.05) is 18.2 Å². The molecule has 1 fully saturated rings. The third-order valence-corrected chi connectivity index (χ3v) is 10.4. The first-order chi connectivity index (χ1) is 24.0. The predicted octanol–water partition coefficient (Wildman–Crippen LogP) is 2.67. The highest BCUT2D eigenvalue weighted by molar-refractivity contribution is 7.89. The van der Waals surface area contributed by atoms with Crippen LogP contribution in [0.3, 0.4) is 0 Å². The maximum absolute atomic E-state index is 13.1. The van der Waals surface area contributed by atoms with Crippen molar-refractivity contribution in [2.24, 2.45) is 0 Å². The second kappa shape index (κ2) is 16.6. The number of carbonyl (C=O) groups excluding carboxylic acids is 2. The molecule has 1 amide bonds. The van der Waals surface area contributed by atoms with Gasteiger partial charge < -0.3 is 14.6 Å². The van der Waals surface area contributed by atoms with Crippen LogP contribution in [0.5, 0.6) is 5.75 Å². The van der Waals surface area contributed by atoms with E-state index in [-0.39, 0.29) is 44.2 Å². The van der Waals surface area contributed by atoms with Gasteiger partial charge in [0, 0.05) is 49.4 Å². The number of carboxylic acids is 1. The molecule has 0 bridgehead atoms. The summed E-state index contributed by atoms with van der Waals surface area (Å²) >= 11 is 0. The fraction of sp³-hybridized carbons (Fsp3) is 0.452. The summed E-state index contributed by atoms with van der Waals surface area (Å²) < 4.78 is 98.2. The lowest BCUT2D eigenvalue weighted by Crippen LogP contribution is -2.58. The highest BCUT2D eigenvalue weighted by atomic mass is 32.2. The standard InChI is InChI=1S/C29H39N5O9S2.C2HF3O2/c1-20-24(23-8-6-7-9-25(23)34(20)28(36)43-29(2,3)4)19-42-21-10-12-22(13-11-21)45(40,41)30-18-26(27(35)31-37)32-14-16-33(17-15-32)44(5,38)39;3-2(4,5)1(6)7/h6-13,26,30,37H,14-19H2,1-5H3,(H,31,35);(H,6,7)/t26-;/m0./s1. The second-order valence-electron chi connectivity index (χ2n) is 12.5. The fourth-order valence-electron chi connectivity index (χ4n) is 5.11. The van der Waals surface area contributed by atoms with E-state index in [4.69, 9.17) is 19.4 Å². The van der Waals surface area contributed by atoms with Crippen molar-refractivity contribution >= 4 is 48.9 Å². The number of alkyl halides is 3. The number of benzene rings is 2. The number of hydroxylamine groups is 1. The van der Waals surface area contributed by atoms with E-state index in [1.807, 2.05) is 24.3 Å². The van der Waals surface area contributed by atoms with Crippen molar-refractivity contribution in [3.8, 4) is 5.75 Å². The molecule has 0 spiro atoms. The van der Waals surface area contributed by atoms with Crippen LogP contribution in [0.4, 0.5) is 18.0 Å².